The van der Waals surface area contributed by atoms with Gasteiger partial charge in [0.2, 0.25) is 0 Å². The topological polar surface area (TPSA) is 3.24 Å². The van der Waals surface area contributed by atoms with Crippen LogP contribution in [0.4, 0.5) is 17.1 Å². The molecule has 2 heteroatoms. The van der Waals surface area contributed by atoms with Crippen LogP contribution < -0.4 is 4.90 Å². The highest BCUT2D eigenvalue weighted by molar-refractivity contribution is 7.27. The van der Waals surface area contributed by atoms with Crippen LogP contribution in [0.25, 0.3) is 86.6 Å². The largest absolute Gasteiger partial charge is 0.309 e. The van der Waals surface area contributed by atoms with Gasteiger partial charge in [0.25, 0.3) is 0 Å². The van der Waals surface area contributed by atoms with Crippen LogP contribution in [0, 0.1) is 0 Å². The summed E-state index contributed by atoms with van der Waals surface area (Å²) in [5.74, 6) is 0. The Balaban J connectivity index is 1.09. The van der Waals surface area contributed by atoms with Gasteiger partial charge in [0.05, 0.1) is 10.4 Å². The van der Waals surface area contributed by atoms with Crippen LogP contribution in [0.15, 0.2) is 237 Å². The first kappa shape index (κ1) is 35.6. The molecular formula is C58H39NS. The molecule has 1 heterocycles. The van der Waals surface area contributed by atoms with Crippen molar-refractivity contribution in [3.8, 4) is 55.6 Å². The number of nitrogens with zero attached hydrogens (tertiary/aromatic N) is 1. The molecule has 0 bridgehead atoms. The molecule has 282 valence electrons. The van der Waals surface area contributed by atoms with Crippen LogP contribution >= 0.6 is 11.3 Å². The molecule has 0 aliphatic rings. The van der Waals surface area contributed by atoms with Crippen LogP contribution in [0.3, 0.4) is 0 Å². The molecule has 0 spiro atoms. The van der Waals surface area contributed by atoms with E-state index in [1.807, 2.05) is 11.3 Å². The molecule has 11 rings (SSSR count). The maximum Gasteiger partial charge on any atom is 0.0640 e. The Labute approximate surface area is 354 Å². The lowest BCUT2D eigenvalue weighted by atomic mass is 9.93. The number of fused-ring (bicyclic) bond motifs is 4. The highest BCUT2D eigenvalue weighted by Crippen LogP contribution is 2.48. The Morgan fingerprint density at radius 1 is 0.267 bits per heavy atom. The summed E-state index contributed by atoms with van der Waals surface area (Å²) in [6, 6.07) is 86.0. The molecule has 0 atom stereocenters. The Morgan fingerprint density at radius 2 is 0.783 bits per heavy atom. The van der Waals surface area contributed by atoms with Gasteiger partial charge in [-0.25, -0.2) is 0 Å². The van der Waals surface area contributed by atoms with Gasteiger partial charge in [-0.05, 0) is 103 Å². The lowest BCUT2D eigenvalue weighted by Gasteiger charge is -2.27. The van der Waals surface area contributed by atoms with E-state index >= 15 is 0 Å². The molecule has 1 nitrogen and oxygen atoms in total. The molecule has 60 heavy (non-hydrogen) atoms. The first-order chi connectivity index (χ1) is 29.8. The monoisotopic (exact) mass is 781 g/mol. The smallest absolute Gasteiger partial charge is 0.0640 e. The molecule has 11 aromatic rings. The molecule has 0 radical (unpaired) electrons. The maximum absolute atomic E-state index is 2.46. The zero-order valence-corrected chi connectivity index (χ0v) is 33.7. The fourth-order valence-corrected chi connectivity index (χ4v) is 10.1. The summed E-state index contributed by atoms with van der Waals surface area (Å²) in [5, 5.41) is 5.06. The van der Waals surface area contributed by atoms with Crippen molar-refractivity contribution >= 4 is 59.3 Å². The molecule has 0 aliphatic heterocycles. The van der Waals surface area contributed by atoms with Crippen LogP contribution in [0.2, 0.25) is 0 Å². The second kappa shape index (κ2) is 15.3. The van der Waals surface area contributed by atoms with Crippen molar-refractivity contribution < 1.29 is 0 Å². The van der Waals surface area contributed by atoms with Crippen molar-refractivity contribution in [2.24, 2.45) is 0 Å². The molecule has 0 aliphatic carbocycles. The molecule has 0 unspecified atom stereocenters. The van der Waals surface area contributed by atoms with E-state index in [1.165, 1.54) is 86.6 Å². The van der Waals surface area contributed by atoms with E-state index in [1.54, 1.807) is 0 Å². The van der Waals surface area contributed by atoms with Crippen molar-refractivity contribution in [3.63, 3.8) is 0 Å². The molecular weight excluding hydrogens is 743 g/mol. The van der Waals surface area contributed by atoms with Crippen molar-refractivity contribution in [1.29, 1.82) is 0 Å². The second-order valence-electron chi connectivity index (χ2n) is 15.3. The summed E-state index contributed by atoms with van der Waals surface area (Å²) < 4.78 is 2.56. The molecule has 0 amide bonds. The van der Waals surface area contributed by atoms with E-state index in [0.717, 1.165) is 17.1 Å². The number of benzene rings is 10. The minimum Gasteiger partial charge on any atom is -0.309 e. The SMILES string of the molecule is c1ccc(-c2ccc(N(c3ccc(-c4cccc(-c5cccc6ccccc56)c4)cc3)c3cccc4c3sc3c(-c5ccccc5)cccc34)cc2-c2ccccc2)cc1. The van der Waals surface area contributed by atoms with Crippen molar-refractivity contribution in [2.75, 3.05) is 4.90 Å². The van der Waals surface area contributed by atoms with Crippen LogP contribution in [-0.4, -0.2) is 0 Å². The van der Waals surface area contributed by atoms with Crippen molar-refractivity contribution in [2.45, 2.75) is 0 Å². The fraction of sp³-hybridized carbons (Fsp3) is 0. The zero-order valence-electron chi connectivity index (χ0n) is 32.9. The van der Waals surface area contributed by atoms with E-state index in [0.29, 0.717) is 0 Å². The van der Waals surface area contributed by atoms with Gasteiger partial charge in [-0.3, -0.25) is 0 Å². The summed E-state index contributed by atoms with van der Waals surface area (Å²) in [4.78, 5) is 2.46. The maximum atomic E-state index is 2.46. The number of hydrogen-bond acceptors (Lipinski definition) is 2. The number of anilines is 3. The summed E-state index contributed by atoms with van der Waals surface area (Å²) in [7, 11) is 0. The number of rotatable bonds is 8. The van der Waals surface area contributed by atoms with Crippen LogP contribution in [0.1, 0.15) is 0 Å². The Morgan fingerprint density at radius 3 is 1.53 bits per heavy atom. The van der Waals surface area contributed by atoms with Crippen LogP contribution in [-0.2, 0) is 0 Å². The van der Waals surface area contributed by atoms with Gasteiger partial charge in [-0.15, -0.1) is 11.3 Å². The number of thiophene rings is 1. The molecule has 0 saturated heterocycles. The molecule has 1 aromatic heterocycles. The van der Waals surface area contributed by atoms with E-state index in [4.69, 9.17) is 0 Å². The first-order valence-corrected chi connectivity index (χ1v) is 21.3. The van der Waals surface area contributed by atoms with Gasteiger partial charge in [-0.1, -0.05) is 200 Å². The Kier molecular flexibility index (Phi) is 9.11. The quantitative estimate of drug-likeness (QED) is 0.148. The first-order valence-electron chi connectivity index (χ1n) is 20.5. The van der Waals surface area contributed by atoms with E-state index in [-0.39, 0.29) is 0 Å². The van der Waals surface area contributed by atoms with Gasteiger partial charge >= 0.3 is 0 Å². The minimum atomic E-state index is 1.10. The molecule has 10 aromatic carbocycles. The lowest BCUT2D eigenvalue weighted by Crippen LogP contribution is -2.10. The highest BCUT2D eigenvalue weighted by Gasteiger charge is 2.21. The van der Waals surface area contributed by atoms with E-state index in [9.17, 15) is 0 Å². The average molecular weight is 782 g/mol. The normalized spacial score (nSPS) is 11.3. The molecule has 0 fully saturated rings. The minimum absolute atomic E-state index is 1.10. The zero-order chi connectivity index (χ0) is 39.8. The summed E-state index contributed by atoms with van der Waals surface area (Å²) in [6.45, 7) is 0. The van der Waals surface area contributed by atoms with Gasteiger partial charge in [-0.2, -0.15) is 0 Å². The average Bonchev–Trinajstić information content (AvgIpc) is 3.72. The third-order valence-corrected chi connectivity index (χ3v) is 13.0. The second-order valence-corrected chi connectivity index (χ2v) is 16.3. The Bertz CT molecular complexity index is 3290. The highest BCUT2D eigenvalue weighted by atomic mass is 32.1. The molecule has 0 saturated carbocycles. The fourth-order valence-electron chi connectivity index (χ4n) is 8.80. The predicted molar refractivity (Wildman–Crippen MR) is 259 cm³/mol. The standard InChI is InChI=1S/C58H39NS/c1-4-16-41(17-5-1)51-37-36-48(39-55(51)44-20-8-3-9-21-44)59(56-31-15-30-54-53-29-14-28-52(57(53)60-58(54)56)43-18-6-2-7-19-43)47-34-32-40(33-35-47)45-24-12-25-46(38-45)50-27-13-23-42-22-10-11-26-49(42)50/h1-39H. The summed E-state index contributed by atoms with van der Waals surface area (Å²) in [6.07, 6.45) is 0. The van der Waals surface area contributed by atoms with Gasteiger partial charge in [0, 0.05) is 26.8 Å². The summed E-state index contributed by atoms with van der Waals surface area (Å²) in [5.41, 5.74) is 15.5. The predicted octanol–water partition coefficient (Wildman–Crippen LogP) is 17.0. The van der Waals surface area contributed by atoms with Gasteiger partial charge in [0.1, 0.15) is 0 Å². The van der Waals surface area contributed by atoms with Crippen LogP contribution in [0.5, 0.6) is 0 Å². The lowest BCUT2D eigenvalue weighted by molar-refractivity contribution is 1.30. The van der Waals surface area contributed by atoms with E-state index in [2.05, 4.69) is 241 Å². The third kappa shape index (κ3) is 6.44. The number of hydrogen-bond donors (Lipinski definition) is 0. The molecule has 0 N–H and O–H groups in total. The Hall–Kier alpha value is -7.52. The van der Waals surface area contributed by atoms with Gasteiger partial charge < -0.3 is 4.90 Å². The van der Waals surface area contributed by atoms with Gasteiger partial charge in [0.15, 0.2) is 0 Å². The van der Waals surface area contributed by atoms with Crippen molar-refractivity contribution in [1.82, 2.24) is 0 Å². The third-order valence-electron chi connectivity index (χ3n) is 11.7. The summed E-state index contributed by atoms with van der Waals surface area (Å²) >= 11 is 1.89. The van der Waals surface area contributed by atoms with E-state index < -0.39 is 0 Å². The van der Waals surface area contributed by atoms with Crippen molar-refractivity contribution in [3.05, 3.63) is 237 Å².